The highest BCUT2D eigenvalue weighted by molar-refractivity contribution is 6.14. The van der Waals surface area contributed by atoms with Crippen LogP contribution in [0.15, 0.2) is 96.0 Å². The van der Waals surface area contributed by atoms with Gasteiger partial charge in [0.2, 0.25) is 11.8 Å². The van der Waals surface area contributed by atoms with Crippen LogP contribution in [-0.2, 0) is 11.2 Å². The van der Waals surface area contributed by atoms with E-state index in [-0.39, 0.29) is 18.1 Å². The lowest BCUT2D eigenvalue weighted by Crippen LogP contribution is -2.86. The highest BCUT2D eigenvalue weighted by atomic mass is 16.2. The number of hydrogen-bond donors (Lipinski definition) is 1. The minimum absolute atomic E-state index is 0.0541. The Morgan fingerprint density at radius 3 is 2.09 bits per heavy atom. The fraction of sp³-hybridized carbons (Fsp3) is 0.222. The highest BCUT2D eigenvalue weighted by Crippen LogP contribution is 2.28. The summed E-state index contributed by atoms with van der Waals surface area (Å²) in [5, 5.41) is 0. The van der Waals surface area contributed by atoms with Gasteiger partial charge in [0.15, 0.2) is 12.0 Å². The van der Waals surface area contributed by atoms with Crippen LogP contribution < -0.4 is 4.99 Å². The molecule has 0 saturated heterocycles. The summed E-state index contributed by atoms with van der Waals surface area (Å²) >= 11 is 0. The molecule has 3 aromatic rings. The summed E-state index contributed by atoms with van der Waals surface area (Å²) in [4.78, 5) is 26.5. The van der Waals surface area contributed by atoms with Crippen LogP contribution in [0.25, 0.3) is 0 Å². The Morgan fingerprint density at radius 1 is 0.875 bits per heavy atom. The van der Waals surface area contributed by atoms with Gasteiger partial charge in [-0.15, -0.1) is 0 Å². The zero-order chi connectivity index (χ0) is 22.1. The number of carbonyl (C=O) groups excluding carboxylic acids is 1. The zero-order valence-corrected chi connectivity index (χ0v) is 18.3. The van der Waals surface area contributed by atoms with E-state index in [4.69, 9.17) is 4.99 Å². The van der Waals surface area contributed by atoms with E-state index in [2.05, 4.69) is 46.3 Å². The van der Waals surface area contributed by atoms with Crippen molar-refractivity contribution >= 4 is 17.5 Å². The first-order chi connectivity index (χ1) is 15.6. The number of rotatable bonds is 5. The van der Waals surface area contributed by atoms with E-state index in [9.17, 15) is 4.79 Å². The second-order valence-electron chi connectivity index (χ2n) is 8.51. The lowest BCUT2D eigenvalue weighted by atomic mass is 9.98. The molecule has 5 heteroatoms. The Balaban J connectivity index is 1.62. The quantitative estimate of drug-likeness (QED) is 0.683. The van der Waals surface area contributed by atoms with Gasteiger partial charge in [0.25, 0.3) is 5.91 Å². The number of amides is 1. The van der Waals surface area contributed by atoms with Gasteiger partial charge in [0.05, 0.1) is 0 Å². The Morgan fingerprint density at radius 2 is 1.47 bits per heavy atom. The zero-order valence-electron chi connectivity index (χ0n) is 18.3. The molecule has 5 nitrogen and oxygen atoms in total. The summed E-state index contributed by atoms with van der Waals surface area (Å²) in [6.45, 7) is 0. The molecule has 2 aliphatic rings. The number of aliphatic imine (C=N–C) groups is 1. The molecule has 0 spiro atoms. The molecule has 32 heavy (non-hydrogen) atoms. The fourth-order valence-corrected chi connectivity index (χ4v) is 4.62. The van der Waals surface area contributed by atoms with Crippen molar-refractivity contribution in [2.24, 2.45) is 4.99 Å². The number of carbonyl (C=O) groups is 1. The molecule has 0 bridgehead atoms. The normalized spacial score (nSPS) is 22.5. The Labute approximate surface area is 188 Å². The lowest BCUT2D eigenvalue weighted by Gasteiger charge is -2.36. The van der Waals surface area contributed by atoms with Crippen molar-refractivity contribution in [1.82, 2.24) is 9.80 Å². The predicted molar refractivity (Wildman–Crippen MR) is 126 cm³/mol. The van der Waals surface area contributed by atoms with Crippen LogP contribution in [0.2, 0.25) is 0 Å². The summed E-state index contributed by atoms with van der Waals surface area (Å²) in [6.07, 6.45) is 0.353. The van der Waals surface area contributed by atoms with Crippen molar-refractivity contribution in [2.45, 2.75) is 24.7 Å². The highest BCUT2D eigenvalue weighted by Gasteiger charge is 2.51. The summed E-state index contributed by atoms with van der Waals surface area (Å²) in [7, 11) is 4.01. The summed E-state index contributed by atoms with van der Waals surface area (Å²) in [5.41, 5.74) is 4.30. The SMILES string of the molecule is CN(C)C1C(c2ccccc2)=[NH+]C(c2ccccc2)C2=NC(Cc3ccccc3)C(=O)N21. The van der Waals surface area contributed by atoms with E-state index in [1.165, 1.54) is 0 Å². The molecule has 0 aliphatic carbocycles. The van der Waals surface area contributed by atoms with E-state index in [0.29, 0.717) is 6.42 Å². The van der Waals surface area contributed by atoms with Gasteiger partial charge in [-0.1, -0.05) is 78.9 Å². The van der Waals surface area contributed by atoms with E-state index in [1.807, 2.05) is 73.6 Å². The number of benzene rings is 3. The molecule has 5 rings (SSSR count). The van der Waals surface area contributed by atoms with Crippen LogP contribution >= 0.6 is 0 Å². The first kappa shape index (κ1) is 20.3. The van der Waals surface area contributed by atoms with Gasteiger partial charge in [0.1, 0.15) is 6.04 Å². The van der Waals surface area contributed by atoms with Crippen molar-refractivity contribution in [1.29, 1.82) is 0 Å². The first-order valence-corrected chi connectivity index (χ1v) is 11.0. The van der Waals surface area contributed by atoms with E-state index in [1.54, 1.807) is 0 Å². The third-order valence-corrected chi connectivity index (χ3v) is 6.10. The molecule has 1 amide bonds. The predicted octanol–water partition coefficient (Wildman–Crippen LogP) is 2.05. The molecule has 2 heterocycles. The monoisotopic (exact) mass is 423 g/mol. The van der Waals surface area contributed by atoms with Crippen molar-refractivity contribution in [2.75, 3.05) is 14.1 Å². The molecule has 0 saturated carbocycles. The smallest absolute Gasteiger partial charge is 0.255 e. The number of likely N-dealkylation sites (N-methyl/N-ethyl adjacent to an activating group) is 1. The van der Waals surface area contributed by atoms with Gasteiger partial charge in [-0.3, -0.25) is 19.6 Å². The van der Waals surface area contributed by atoms with E-state index >= 15 is 0 Å². The number of amidine groups is 1. The third kappa shape index (κ3) is 3.65. The van der Waals surface area contributed by atoms with Crippen LogP contribution in [-0.4, -0.2) is 53.6 Å². The molecule has 0 radical (unpaired) electrons. The molecule has 3 aromatic carbocycles. The summed E-state index contributed by atoms with van der Waals surface area (Å²) < 4.78 is 0. The standard InChI is InChI=1S/C27H26N4O/c1-30(2)26-24(21-16-10-5-11-17-21)29-23(20-14-8-4-9-15-20)25-28-22(27(32)31(25)26)18-19-12-6-3-7-13-19/h3-17,22-23,26H,18H2,1-2H3/p+1. The summed E-state index contributed by atoms with van der Waals surface area (Å²) in [5.74, 6) is 0.846. The molecule has 3 atom stereocenters. The Hall–Kier alpha value is -3.57. The number of nitrogens with zero attached hydrogens (tertiary/aromatic N) is 3. The third-order valence-electron chi connectivity index (χ3n) is 6.10. The van der Waals surface area contributed by atoms with Crippen molar-refractivity contribution in [3.63, 3.8) is 0 Å². The molecule has 0 aromatic heterocycles. The van der Waals surface area contributed by atoms with Crippen molar-refractivity contribution < 1.29 is 9.79 Å². The van der Waals surface area contributed by atoms with Gasteiger partial charge in [-0.2, -0.15) is 0 Å². The first-order valence-electron chi connectivity index (χ1n) is 11.0. The Kier molecular flexibility index (Phi) is 5.41. The maximum Gasteiger partial charge on any atom is 0.255 e. The molecule has 1 N–H and O–H groups in total. The van der Waals surface area contributed by atoms with Crippen LogP contribution in [0.5, 0.6) is 0 Å². The second-order valence-corrected chi connectivity index (χ2v) is 8.51. The number of fused-ring (bicyclic) bond motifs is 1. The average molecular weight is 424 g/mol. The molecular weight excluding hydrogens is 396 g/mol. The number of nitrogens with one attached hydrogen (secondary N) is 1. The topological polar surface area (TPSA) is 49.9 Å². The largest absolute Gasteiger partial charge is 0.280 e. The van der Waals surface area contributed by atoms with E-state index in [0.717, 1.165) is 28.2 Å². The second kappa shape index (κ2) is 8.52. The lowest BCUT2D eigenvalue weighted by molar-refractivity contribution is -0.496. The van der Waals surface area contributed by atoms with Gasteiger partial charge >= 0.3 is 0 Å². The minimum atomic E-state index is -0.419. The van der Waals surface area contributed by atoms with Gasteiger partial charge in [0, 0.05) is 17.5 Å². The van der Waals surface area contributed by atoms with Gasteiger partial charge < -0.3 is 0 Å². The average Bonchev–Trinajstić information content (AvgIpc) is 3.15. The summed E-state index contributed by atoms with van der Waals surface area (Å²) in [6, 6.07) is 30.0. The van der Waals surface area contributed by atoms with Gasteiger partial charge in [-0.25, -0.2) is 4.99 Å². The van der Waals surface area contributed by atoms with Crippen molar-refractivity contribution in [3.05, 3.63) is 108 Å². The molecular formula is C27H27N4O+. The molecule has 160 valence electrons. The van der Waals surface area contributed by atoms with Crippen molar-refractivity contribution in [3.8, 4) is 0 Å². The fourth-order valence-electron chi connectivity index (χ4n) is 4.62. The van der Waals surface area contributed by atoms with Crippen LogP contribution in [0.3, 0.4) is 0 Å². The maximum atomic E-state index is 13.8. The van der Waals surface area contributed by atoms with Crippen LogP contribution in [0.4, 0.5) is 0 Å². The van der Waals surface area contributed by atoms with Crippen LogP contribution in [0.1, 0.15) is 22.7 Å². The molecule has 3 unspecified atom stereocenters. The number of hydrogen-bond acceptors (Lipinski definition) is 3. The van der Waals surface area contributed by atoms with E-state index < -0.39 is 6.04 Å². The van der Waals surface area contributed by atoms with Crippen LogP contribution in [0, 0.1) is 0 Å². The Bertz CT molecular complexity index is 1160. The maximum absolute atomic E-state index is 13.8. The minimum Gasteiger partial charge on any atom is -0.280 e. The molecule has 0 fully saturated rings. The molecule has 2 aliphatic heterocycles. The van der Waals surface area contributed by atoms with Gasteiger partial charge in [-0.05, 0) is 31.8 Å².